The van der Waals surface area contributed by atoms with Crippen LogP contribution < -0.4 is 5.32 Å². The number of likely N-dealkylation sites (tertiary alicyclic amines) is 1. The molecule has 1 aromatic heterocycles. The fraction of sp³-hybridized carbons (Fsp3) is 0.706. The maximum atomic E-state index is 12.2. The average Bonchev–Trinajstić information content (AvgIpc) is 2.97. The molecule has 1 aliphatic heterocycles. The lowest BCUT2D eigenvalue weighted by Gasteiger charge is -2.34. The Bertz CT molecular complexity index is 465. The molecule has 2 atom stereocenters. The molecule has 2 heterocycles. The number of amides is 1. The van der Waals surface area contributed by atoms with Gasteiger partial charge in [0.1, 0.15) is 5.60 Å². The summed E-state index contributed by atoms with van der Waals surface area (Å²) in [7, 11) is 0. The Morgan fingerprint density at radius 2 is 2.32 bits per heavy atom. The molecular formula is C17H29N3O2. The number of hydrogen-bond acceptors (Lipinski definition) is 3. The van der Waals surface area contributed by atoms with E-state index < -0.39 is 5.60 Å². The van der Waals surface area contributed by atoms with Crippen LogP contribution in [0, 0.1) is 5.92 Å². The molecule has 0 unspecified atom stereocenters. The molecule has 124 valence electrons. The van der Waals surface area contributed by atoms with Gasteiger partial charge in [-0.25, -0.2) is 4.79 Å². The van der Waals surface area contributed by atoms with Crippen LogP contribution in [0.4, 0.5) is 4.79 Å². The van der Waals surface area contributed by atoms with Gasteiger partial charge in [-0.15, -0.1) is 0 Å². The molecule has 0 radical (unpaired) electrons. The number of carbonyl (C=O) groups excluding carboxylic acids is 1. The molecule has 1 aliphatic rings. The lowest BCUT2D eigenvalue weighted by Crippen LogP contribution is -2.45. The summed E-state index contributed by atoms with van der Waals surface area (Å²) >= 11 is 0. The zero-order valence-corrected chi connectivity index (χ0v) is 14.2. The monoisotopic (exact) mass is 307 g/mol. The van der Waals surface area contributed by atoms with Crippen molar-refractivity contribution >= 4 is 6.09 Å². The van der Waals surface area contributed by atoms with Crippen LogP contribution >= 0.6 is 0 Å². The van der Waals surface area contributed by atoms with E-state index in [0.717, 1.165) is 32.5 Å². The van der Waals surface area contributed by atoms with Gasteiger partial charge >= 0.3 is 6.09 Å². The third-order valence-electron chi connectivity index (χ3n) is 3.97. The van der Waals surface area contributed by atoms with E-state index in [2.05, 4.69) is 23.3 Å². The van der Waals surface area contributed by atoms with Gasteiger partial charge in [0.25, 0.3) is 0 Å². The van der Waals surface area contributed by atoms with Gasteiger partial charge < -0.3 is 19.9 Å². The van der Waals surface area contributed by atoms with E-state index in [1.54, 1.807) is 0 Å². The highest BCUT2D eigenvalue weighted by Gasteiger charge is 2.27. The smallest absolute Gasteiger partial charge is 0.410 e. The molecule has 0 aliphatic carbocycles. The van der Waals surface area contributed by atoms with Crippen LogP contribution in [0.15, 0.2) is 18.3 Å². The summed E-state index contributed by atoms with van der Waals surface area (Å²) in [6, 6.07) is 4.40. The first-order chi connectivity index (χ1) is 10.3. The number of rotatable bonds is 4. The molecule has 0 bridgehead atoms. The van der Waals surface area contributed by atoms with Gasteiger partial charge in [0.15, 0.2) is 0 Å². The summed E-state index contributed by atoms with van der Waals surface area (Å²) in [6.07, 6.45) is 3.96. The Morgan fingerprint density at radius 1 is 1.55 bits per heavy atom. The normalized spacial score (nSPS) is 20.7. The van der Waals surface area contributed by atoms with Gasteiger partial charge in [0.05, 0.1) is 0 Å². The Hall–Kier alpha value is -1.49. The number of hydrogen-bond donors (Lipinski definition) is 2. The van der Waals surface area contributed by atoms with Gasteiger partial charge in [-0.3, -0.25) is 0 Å². The number of aromatic nitrogens is 1. The zero-order chi connectivity index (χ0) is 16.2. The van der Waals surface area contributed by atoms with Crippen LogP contribution in [0.3, 0.4) is 0 Å². The highest BCUT2D eigenvalue weighted by Crippen LogP contribution is 2.20. The third-order valence-corrected chi connectivity index (χ3v) is 3.97. The van der Waals surface area contributed by atoms with Crippen LogP contribution in [0.1, 0.15) is 52.3 Å². The zero-order valence-electron chi connectivity index (χ0n) is 14.2. The number of ether oxygens (including phenoxy) is 1. The van der Waals surface area contributed by atoms with Crippen molar-refractivity contribution < 1.29 is 9.53 Å². The molecular weight excluding hydrogens is 278 g/mol. The molecule has 0 saturated carbocycles. The van der Waals surface area contributed by atoms with Gasteiger partial charge in [-0.1, -0.05) is 0 Å². The van der Waals surface area contributed by atoms with Crippen LogP contribution in [-0.2, 0) is 4.74 Å². The minimum absolute atomic E-state index is 0.186. The Balaban J connectivity index is 1.79. The molecule has 1 amide bonds. The van der Waals surface area contributed by atoms with Crippen LogP contribution in [-0.4, -0.2) is 41.2 Å². The second kappa shape index (κ2) is 7.18. The van der Waals surface area contributed by atoms with Crippen molar-refractivity contribution in [2.75, 3.05) is 19.6 Å². The predicted molar refractivity (Wildman–Crippen MR) is 87.7 cm³/mol. The van der Waals surface area contributed by atoms with E-state index in [1.165, 1.54) is 5.69 Å². The fourth-order valence-corrected chi connectivity index (χ4v) is 2.79. The maximum Gasteiger partial charge on any atom is 0.410 e. The first-order valence-electron chi connectivity index (χ1n) is 8.20. The molecule has 0 spiro atoms. The van der Waals surface area contributed by atoms with Crippen molar-refractivity contribution in [2.45, 2.75) is 52.2 Å². The molecule has 1 saturated heterocycles. The van der Waals surface area contributed by atoms with Crippen molar-refractivity contribution in [1.82, 2.24) is 15.2 Å². The standard InChI is InChI=1S/C17H29N3O2/c1-13(15-8-5-9-18-15)19-11-14-7-6-10-20(12-14)16(21)22-17(2,3)4/h5,8-9,13-14,18-19H,6-7,10-12H2,1-4H3/t13-,14-/m0/s1. The maximum absolute atomic E-state index is 12.2. The van der Waals surface area contributed by atoms with E-state index in [0.29, 0.717) is 12.0 Å². The van der Waals surface area contributed by atoms with Crippen molar-refractivity contribution in [3.05, 3.63) is 24.0 Å². The Labute approximate surface area is 133 Å². The topological polar surface area (TPSA) is 57.4 Å². The second-order valence-electron chi connectivity index (χ2n) is 7.19. The van der Waals surface area contributed by atoms with E-state index in [4.69, 9.17) is 4.74 Å². The van der Waals surface area contributed by atoms with Crippen molar-refractivity contribution in [1.29, 1.82) is 0 Å². The van der Waals surface area contributed by atoms with Gasteiger partial charge in [-0.05, 0) is 58.6 Å². The summed E-state index contributed by atoms with van der Waals surface area (Å²) in [4.78, 5) is 17.2. The summed E-state index contributed by atoms with van der Waals surface area (Å²) < 4.78 is 5.47. The number of aromatic amines is 1. The highest BCUT2D eigenvalue weighted by atomic mass is 16.6. The van der Waals surface area contributed by atoms with E-state index in [9.17, 15) is 4.79 Å². The molecule has 22 heavy (non-hydrogen) atoms. The first-order valence-corrected chi connectivity index (χ1v) is 8.20. The number of H-pyrrole nitrogens is 1. The summed E-state index contributed by atoms with van der Waals surface area (Å²) in [5.74, 6) is 0.485. The molecule has 0 aromatic carbocycles. The minimum atomic E-state index is -0.426. The lowest BCUT2D eigenvalue weighted by molar-refractivity contribution is 0.0165. The van der Waals surface area contributed by atoms with Crippen molar-refractivity contribution in [3.63, 3.8) is 0 Å². The minimum Gasteiger partial charge on any atom is -0.444 e. The van der Waals surface area contributed by atoms with Gasteiger partial charge in [0, 0.05) is 37.6 Å². The lowest BCUT2D eigenvalue weighted by atomic mass is 9.98. The Kier molecular flexibility index (Phi) is 5.51. The molecule has 1 aromatic rings. The first kappa shape index (κ1) is 16.9. The largest absolute Gasteiger partial charge is 0.444 e. The average molecular weight is 307 g/mol. The number of carbonyl (C=O) groups is 1. The SMILES string of the molecule is C[C@H](NC[C@@H]1CCCN(C(=O)OC(C)(C)C)C1)c1ccc[nH]1. The number of piperidine rings is 1. The van der Waals surface area contributed by atoms with E-state index >= 15 is 0 Å². The molecule has 5 heteroatoms. The van der Waals surface area contributed by atoms with Crippen LogP contribution in [0.5, 0.6) is 0 Å². The summed E-state index contributed by atoms with van der Waals surface area (Å²) in [5.41, 5.74) is 0.768. The van der Waals surface area contributed by atoms with Crippen LogP contribution in [0.2, 0.25) is 0 Å². The van der Waals surface area contributed by atoms with Gasteiger partial charge in [-0.2, -0.15) is 0 Å². The number of nitrogens with one attached hydrogen (secondary N) is 2. The second-order valence-corrected chi connectivity index (χ2v) is 7.19. The number of nitrogens with zero attached hydrogens (tertiary/aromatic N) is 1. The van der Waals surface area contributed by atoms with Crippen molar-refractivity contribution in [3.8, 4) is 0 Å². The highest BCUT2D eigenvalue weighted by molar-refractivity contribution is 5.68. The van der Waals surface area contributed by atoms with E-state index in [1.807, 2.05) is 37.9 Å². The third kappa shape index (κ3) is 5.05. The quantitative estimate of drug-likeness (QED) is 0.897. The van der Waals surface area contributed by atoms with E-state index in [-0.39, 0.29) is 6.09 Å². The van der Waals surface area contributed by atoms with Crippen LogP contribution in [0.25, 0.3) is 0 Å². The fourth-order valence-electron chi connectivity index (χ4n) is 2.79. The molecule has 2 rings (SSSR count). The predicted octanol–water partition coefficient (Wildman–Crippen LogP) is 3.31. The summed E-state index contributed by atoms with van der Waals surface area (Å²) in [6.45, 7) is 10.4. The summed E-state index contributed by atoms with van der Waals surface area (Å²) in [5, 5.41) is 3.55. The molecule has 2 N–H and O–H groups in total. The molecule has 1 fully saturated rings. The Morgan fingerprint density at radius 3 is 2.95 bits per heavy atom. The molecule has 5 nitrogen and oxygen atoms in total. The van der Waals surface area contributed by atoms with Gasteiger partial charge in [0.2, 0.25) is 0 Å². The van der Waals surface area contributed by atoms with Crippen molar-refractivity contribution in [2.24, 2.45) is 5.92 Å².